The predicted molar refractivity (Wildman–Crippen MR) is 137 cm³/mol. The highest BCUT2D eigenvalue weighted by molar-refractivity contribution is 7.91. The topological polar surface area (TPSA) is 89.2 Å². The molecule has 7 nitrogen and oxygen atoms in total. The number of aromatic nitrogens is 4. The molecule has 3 heterocycles. The lowest BCUT2D eigenvalue weighted by Crippen LogP contribution is -2.21. The van der Waals surface area contributed by atoms with Crippen molar-refractivity contribution in [2.75, 3.05) is 18.6 Å². The summed E-state index contributed by atoms with van der Waals surface area (Å²) >= 11 is 0. The maximum absolute atomic E-state index is 13.0. The SMILES string of the molecule is CNc1c(S(C)(=O)=O)c([C@H]2C[C@@H]3CC[C@@H](C3)C2)nc2c(-c3ccc(-c4ccccc4)nc3)cnn12. The van der Waals surface area contributed by atoms with Crippen LogP contribution in [0.15, 0.2) is 59.8 Å². The number of sulfone groups is 1. The number of fused-ring (bicyclic) bond motifs is 3. The van der Waals surface area contributed by atoms with Crippen molar-refractivity contribution in [2.24, 2.45) is 11.8 Å². The number of hydrogen-bond acceptors (Lipinski definition) is 6. The molecular formula is C27H29N5O2S. The second kappa shape index (κ2) is 8.45. The van der Waals surface area contributed by atoms with E-state index < -0.39 is 9.84 Å². The average molecular weight is 488 g/mol. The molecule has 180 valence electrons. The minimum Gasteiger partial charge on any atom is -0.372 e. The second-order valence-electron chi connectivity index (χ2n) is 10.0. The summed E-state index contributed by atoms with van der Waals surface area (Å²) in [6, 6.07) is 14.1. The molecule has 0 amide bonds. The van der Waals surface area contributed by atoms with Gasteiger partial charge in [-0.15, -0.1) is 0 Å². The molecule has 6 rings (SSSR count). The number of pyridine rings is 1. The number of nitrogens with one attached hydrogen (secondary N) is 1. The third-order valence-electron chi connectivity index (χ3n) is 7.65. The monoisotopic (exact) mass is 487 g/mol. The molecule has 0 unspecified atom stereocenters. The van der Waals surface area contributed by atoms with Gasteiger partial charge in [0, 0.05) is 42.1 Å². The number of benzene rings is 1. The summed E-state index contributed by atoms with van der Waals surface area (Å²) in [4.78, 5) is 10.00. The van der Waals surface area contributed by atoms with E-state index >= 15 is 0 Å². The van der Waals surface area contributed by atoms with E-state index in [0.717, 1.165) is 35.2 Å². The maximum Gasteiger partial charge on any atom is 0.180 e. The van der Waals surface area contributed by atoms with Crippen LogP contribution in [0.4, 0.5) is 5.82 Å². The molecular weight excluding hydrogens is 458 g/mol. The smallest absolute Gasteiger partial charge is 0.180 e. The van der Waals surface area contributed by atoms with Crippen LogP contribution in [0.2, 0.25) is 0 Å². The molecule has 35 heavy (non-hydrogen) atoms. The van der Waals surface area contributed by atoms with Crippen LogP contribution in [-0.2, 0) is 9.84 Å². The van der Waals surface area contributed by atoms with Gasteiger partial charge in [0.2, 0.25) is 0 Å². The van der Waals surface area contributed by atoms with Crippen LogP contribution < -0.4 is 5.32 Å². The minimum atomic E-state index is -3.52. The Balaban J connectivity index is 1.50. The van der Waals surface area contributed by atoms with Gasteiger partial charge >= 0.3 is 0 Å². The van der Waals surface area contributed by atoms with Crippen LogP contribution in [0.3, 0.4) is 0 Å². The van der Waals surface area contributed by atoms with E-state index in [1.165, 1.54) is 25.5 Å². The van der Waals surface area contributed by atoms with Crippen molar-refractivity contribution >= 4 is 21.3 Å². The molecule has 2 aliphatic rings. The molecule has 0 spiro atoms. The summed E-state index contributed by atoms with van der Waals surface area (Å²) in [5.41, 5.74) is 5.04. The maximum atomic E-state index is 13.0. The molecule has 0 radical (unpaired) electrons. The first-order valence-corrected chi connectivity index (χ1v) is 14.1. The lowest BCUT2D eigenvalue weighted by molar-refractivity contribution is 0.313. The summed E-state index contributed by atoms with van der Waals surface area (Å²) in [5, 5.41) is 7.67. The van der Waals surface area contributed by atoms with E-state index in [4.69, 9.17) is 4.98 Å². The highest BCUT2D eigenvalue weighted by atomic mass is 32.2. The molecule has 8 heteroatoms. The fraction of sp³-hybridized carbons (Fsp3) is 0.370. The van der Waals surface area contributed by atoms with Gasteiger partial charge in [-0.2, -0.15) is 9.61 Å². The second-order valence-corrected chi connectivity index (χ2v) is 12.0. The van der Waals surface area contributed by atoms with Gasteiger partial charge in [-0.05, 0) is 37.2 Å². The number of nitrogens with zero attached hydrogens (tertiary/aromatic N) is 4. The van der Waals surface area contributed by atoms with E-state index in [1.807, 2.05) is 48.7 Å². The van der Waals surface area contributed by atoms with Crippen LogP contribution in [0.5, 0.6) is 0 Å². The lowest BCUT2D eigenvalue weighted by atomic mass is 9.79. The fourth-order valence-electron chi connectivity index (χ4n) is 6.12. The van der Waals surface area contributed by atoms with Gasteiger partial charge in [-0.3, -0.25) is 4.98 Å². The largest absolute Gasteiger partial charge is 0.372 e. The van der Waals surface area contributed by atoms with E-state index in [-0.39, 0.29) is 10.8 Å². The molecule has 3 atom stereocenters. The van der Waals surface area contributed by atoms with Crippen molar-refractivity contribution in [3.05, 3.63) is 60.6 Å². The molecule has 0 aliphatic heterocycles. The Bertz CT molecular complexity index is 1480. The summed E-state index contributed by atoms with van der Waals surface area (Å²) in [6.07, 6.45) is 10.6. The number of hydrogen-bond donors (Lipinski definition) is 1. The van der Waals surface area contributed by atoms with Crippen LogP contribution in [-0.4, -0.2) is 41.3 Å². The highest BCUT2D eigenvalue weighted by Gasteiger charge is 2.38. The summed E-state index contributed by atoms with van der Waals surface area (Å²) in [5.74, 6) is 1.96. The lowest BCUT2D eigenvalue weighted by Gasteiger charge is -2.29. The molecule has 3 aromatic heterocycles. The third kappa shape index (κ3) is 3.89. The van der Waals surface area contributed by atoms with Gasteiger partial charge in [0.15, 0.2) is 15.5 Å². The summed E-state index contributed by atoms with van der Waals surface area (Å²) in [6.45, 7) is 0. The van der Waals surface area contributed by atoms with E-state index in [9.17, 15) is 8.42 Å². The Hall–Kier alpha value is -3.26. The van der Waals surface area contributed by atoms with Crippen molar-refractivity contribution in [1.82, 2.24) is 19.6 Å². The van der Waals surface area contributed by atoms with Crippen LogP contribution in [0.25, 0.3) is 28.0 Å². The zero-order valence-electron chi connectivity index (χ0n) is 20.0. The first-order chi connectivity index (χ1) is 16.9. The molecule has 2 aliphatic carbocycles. The fourth-order valence-corrected chi connectivity index (χ4v) is 7.26. The average Bonchev–Trinajstić information content (AvgIpc) is 3.45. The molecule has 2 saturated carbocycles. The Morgan fingerprint density at radius 2 is 1.69 bits per heavy atom. The van der Waals surface area contributed by atoms with Gasteiger partial charge in [-0.1, -0.05) is 49.2 Å². The Labute approximate surface area is 205 Å². The van der Waals surface area contributed by atoms with Gasteiger partial charge in [0.1, 0.15) is 10.7 Å². The van der Waals surface area contributed by atoms with Gasteiger partial charge in [0.05, 0.1) is 17.6 Å². The summed E-state index contributed by atoms with van der Waals surface area (Å²) in [7, 11) is -1.78. The van der Waals surface area contributed by atoms with Crippen molar-refractivity contribution in [3.8, 4) is 22.4 Å². The van der Waals surface area contributed by atoms with Gasteiger partial charge in [0.25, 0.3) is 0 Å². The molecule has 2 fully saturated rings. The molecule has 1 N–H and O–H groups in total. The van der Waals surface area contributed by atoms with Gasteiger partial charge in [-0.25, -0.2) is 13.4 Å². The third-order valence-corrected chi connectivity index (χ3v) is 8.80. The Morgan fingerprint density at radius 1 is 0.943 bits per heavy atom. The predicted octanol–water partition coefficient (Wildman–Crippen LogP) is 5.20. The Kier molecular flexibility index (Phi) is 5.36. The van der Waals surface area contributed by atoms with Gasteiger partial charge < -0.3 is 5.32 Å². The molecule has 0 saturated heterocycles. The van der Waals surface area contributed by atoms with Crippen LogP contribution in [0, 0.1) is 11.8 Å². The van der Waals surface area contributed by atoms with E-state index in [1.54, 1.807) is 17.8 Å². The Morgan fingerprint density at radius 3 is 2.31 bits per heavy atom. The van der Waals surface area contributed by atoms with Crippen molar-refractivity contribution in [2.45, 2.75) is 42.9 Å². The number of rotatable bonds is 5. The zero-order valence-corrected chi connectivity index (χ0v) is 20.8. The van der Waals surface area contributed by atoms with E-state index in [0.29, 0.717) is 29.0 Å². The van der Waals surface area contributed by atoms with Crippen molar-refractivity contribution < 1.29 is 8.42 Å². The van der Waals surface area contributed by atoms with E-state index in [2.05, 4.69) is 15.4 Å². The standard InChI is InChI=1S/C27H29N5O2S/c1-28-27-25(35(2,33)34)24(21-13-17-8-9-18(12-17)14-21)31-26-22(16-30-32(26)27)20-10-11-23(29-15-20)19-6-4-3-5-7-19/h3-7,10-11,15-18,21,28H,8-9,12-14H2,1-2H3/t17-,18+,21+. The zero-order chi connectivity index (χ0) is 24.2. The first kappa shape index (κ1) is 22.2. The number of anilines is 1. The van der Waals surface area contributed by atoms with Crippen LogP contribution in [0.1, 0.15) is 43.7 Å². The van der Waals surface area contributed by atoms with Crippen molar-refractivity contribution in [1.29, 1.82) is 0 Å². The molecule has 2 bridgehead atoms. The first-order valence-electron chi connectivity index (χ1n) is 12.2. The summed E-state index contributed by atoms with van der Waals surface area (Å²) < 4.78 is 27.7. The molecule has 1 aromatic carbocycles. The van der Waals surface area contributed by atoms with Crippen molar-refractivity contribution in [3.63, 3.8) is 0 Å². The minimum absolute atomic E-state index is 0.143. The van der Waals surface area contributed by atoms with Crippen LogP contribution >= 0.6 is 0 Å². The highest BCUT2D eigenvalue weighted by Crippen LogP contribution is 2.49. The molecule has 4 aromatic rings. The quantitative estimate of drug-likeness (QED) is 0.416. The normalized spacial score (nSPS) is 21.9.